The van der Waals surface area contributed by atoms with Gasteiger partial charge in [0.15, 0.2) is 0 Å². The summed E-state index contributed by atoms with van der Waals surface area (Å²) in [5.41, 5.74) is 12.1. The predicted octanol–water partition coefficient (Wildman–Crippen LogP) is 4.69. The summed E-state index contributed by atoms with van der Waals surface area (Å²) in [4.78, 5) is 27.9. The Balaban J connectivity index is 1.65. The maximum absolute atomic E-state index is 12.7. The van der Waals surface area contributed by atoms with Crippen molar-refractivity contribution < 1.29 is 24.2 Å². The Morgan fingerprint density at radius 2 is 1.68 bits per heavy atom. The van der Waals surface area contributed by atoms with E-state index in [0.29, 0.717) is 0 Å². The lowest BCUT2D eigenvalue weighted by Crippen LogP contribution is -2.45. The number of esters is 1. The maximum Gasteiger partial charge on any atom is 0.407 e. The number of fused-ring (bicyclic) bond motifs is 3. The van der Waals surface area contributed by atoms with Gasteiger partial charge in [-0.2, -0.15) is 0 Å². The molecule has 0 saturated carbocycles. The fourth-order valence-electron chi connectivity index (χ4n) is 3.99. The summed E-state index contributed by atoms with van der Waals surface area (Å²) in [6.45, 7) is 5.17. The Kier molecular flexibility index (Phi) is 8.15. The first-order chi connectivity index (χ1) is 16.2. The molecule has 2 N–H and O–H groups in total. The third-order valence-corrected chi connectivity index (χ3v) is 5.47. The smallest absolute Gasteiger partial charge is 0.407 e. The Morgan fingerprint density at radius 1 is 1.09 bits per heavy atom. The van der Waals surface area contributed by atoms with E-state index >= 15 is 0 Å². The summed E-state index contributed by atoms with van der Waals surface area (Å²) < 4.78 is 10.9. The number of carbonyl (C=O) groups is 2. The summed E-state index contributed by atoms with van der Waals surface area (Å²) in [6, 6.07) is 15.0. The normalized spacial score (nSPS) is 14.2. The molecule has 1 aliphatic rings. The Bertz CT molecular complexity index is 1030. The molecular weight excluding hydrogens is 436 g/mol. The summed E-state index contributed by atoms with van der Waals surface area (Å²) in [7, 11) is 0. The van der Waals surface area contributed by atoms with E-state index in [1.807, 2.05) is 36.4 Å². The molecule has 0 saturated heterocycles. The van der Waals surface area contributed by atoms with Crippen LogP contribution in [0.4, 0.5) is 4.79 Å². The van der Waals surface area contributed by atoms with Crippen molar-refractivity contribution in [3.05, 3.63) is 70.1 Å². The Labute approximate surface area is 198 Å². The molecule has 0 heterocycles. The molecule has 9 heteroatoms. The molecule has 34 heavy (non-hydrogen) atoms. The molecule has 0 bridgehead atoms. The van der Waals surface area contributed by atoms with Gasteiger partial charge >= 0.3 is 12.1 Å². The number of nitrogens with one attached hydrogen (secondary N) is 1. The van der Waals surface area contributed by atoms with Crippen LogP contribution in [-0.4, -0.2) is 48.1 Å². The number of amides is 1. The zero-order valence-corrected chi connectivity index (χ0v) is 19.6. The topological polar surface area (TPSA) is 134 Å². The molecule has 0 fully saturated rings. The molecule has 1 aliphatic carbocycles. The number of rotatable bonds is 9. The van der Waals surface area contributed by atoms with Crippen molar-refractivity contribution in [2.24, 2.45) is 5.11 Å². The molecule has 2 aromatic rings. The zero-order valence-electron chi connectivity index (χ0n) is 19.6. The second-order valence-electron chi connectivity index (χ2n) is 9.20. The molecule has 0 aliphatic heterocycles. The van der Waals surface area contributed by atoms with Gasteiger partial charge in [0.25, 0.3) is 0 Å². The third-order valence-electron chi connectivity index (χ3n) is 5.47. The Hall–Kier alpha value is -3.55. The van der Waals surface area contributed by atoms with Crippen LogP contribution in [0.1, 0.15) is 50.7 Å². The third kappa shape index (κ3) is 6.50. The van der Waals surface area contributed by atoms with Crippen molar-refractivity contribution in [1.82, 2.24) is 5.32 Å². The molecule has 0 aromatic heterocycles. The van der Waals surface area contributed by atoms with Crippen LogP contribution in [0.3, 0.4) is 0 Å². The molecule has 180 valence electrons. The molecule has 1 amide bonds. The van der Waals surface area contributed by atoms with Gasteiger partial charge in [-0.3, -0.25) is 0 Å². The number of hydrogen-bond donors (Lipinski definition) is 2. The highest BCUT2D eigenvalue weighted by atomic mass is 16.6. The lowest BCUT2D eigenvalue weighted by Gasteiger charge is -2.25. The molecule has 2 aromatic carbocycles. The maximum atomic E-state index is 12.7. The first-order valence-corrected chi connectivity index (χ1v) is 11.2. The molecule has 0 spiro atoms. The highest BCUT2D eigenvalue weighted by Crippen LogP contribution is 2.44. The lowest BCUT2D eigenvalue weighted by molar-refractivity contribution is -0.157. The van der Waals surface area contributed by atoms with Crippen molar-refractivity contribution in [3.63, 3.8) is 0 Å². The molecule has 0 radical (unpaired) electrons. The number of alkyl carbamates (subject to hydrolysis) is 1. The molecule has 3 rings (SSSR count). The first-order valence-electron chi connectivity index (χ1n) is 11.2. The fraction of sp³-hybridized carbons (Fsp3) is 0.440. The molecular formula is C25H30N4O5. The fourth-order valence-corrected chi connectivity index (χ4v) is 3.99. The van der Waals surface area contributed by atoms with Crippen molar-refractivity contribution in [2.75, 3.05) is 13.2 Å². The highest BCUT2D eigenvalue weighted by Gasteiger charge is 2.31. The van der Waals surface area contributed by atoms with Gasteiger partial charge < -0.3 is 19.9 Å². The Morgan fingerprint density at radius 3 is 2.24 bits per heavy atom. The van der Waals surface area contributed by atoms with Crippen LogP contribution < -0.4 is 5.32 Å². The minimum atomic E-state index is -1.02. The van der Waals surface area contributed by atoms with Crippen LogP contribution in [0.15, 0.2) is 53.6 Å². The number of aliphatic hydroxyl groups excluding tert-OH is 1. The quantitative estimate of drug-likeness (QED) is 0.239. The van der Waals surface area contributed by atoms with Crippen molar-refractivity contribution in [2.45, 2.75) is 57.3 Å². The van der Waals surface area contributed by atoms with Crippen LogP contribution in [0.2, 0.25) is 0 Å². The van der Waals surface area contributed by atoms with E-state index in [9.17, 15) is 14.7 Å². The number of benzene rings is 2. The number of nitrogens with zero attached hydrogens (tertiary/aromatic N) is 3. The van der Waals surface area contributed by atoms with E-state index in [2.05, 4.69) is 27.5 Å². The van der Waals surface area contributed by atoms with Crippen molar-refractivity contribution in [3.8, 4) is 11.1 Å². The van der Waals surface area contributed by atoms with Crippen molar-refractivity contribution >= 4 is 12.1 Å². The van der Waals surface area contributed by atoms with Gasteiger partial charge in [-0.1, -0.05) is 53.6 Å². The summed E-state index contributed by atoms with van der Waals surface area (Å²) >= 11 is 0. The van der Waals surface area contributed by atoms with Gasteiger partial charge in [-0.05, 0) is 61.4 Å². The summed E-state index contributed by atoms with van der Waals surface area (Å²) in [5.74, 6) is -0.735. The minimum absolute atomic E-state index is 0.0984. The van der Waals surface area contributed by atoms with Crippen LogP contribution in [0.25, 0.3) is 21.6 Å². The second kappa shape index (κ2) is 11.0. The zero-order chi connectivity index (χ0) is 24.7. The number of azide groups is 1. The van der Waals surface area contributed by atoms with Gasteiger partial charge in [0.05, 0.1) is 12.6 Å². The van der Waals surface area contributed by atoms with Gasteiger partial charge in [0, 0.05) is 10.8 Å². The van der Waals surface area contributed by atoms with Crippen molar-refractivity contribution in [1.29, 1.82) is 0 Å². The van der Waals surface area contributed by atoms with Gasteiger partial charge in [0.2, 0.25) is 0 Å². The standard InChI is InChI=1S/C25H30N4O5/c1-25(2,3)34-23(31)22(13-12-16(30)14-27-29-26)28-24(32)33-15-21-19-10-6-4-8-17(19)18-9-5-7-11-20(18)21/h4-11,16,21-22,30H,12-15H2,1-3H3,(H,28,32)/t16-,22+/m1/s1. The second-order valence-corrected chi connectivity index (χ2v) is 9.20. The van der Waals surface area contributed by atoms with Gasteiger partial charge in [-0.25, -0.2) is 9.59 Å². The first kappa shape index (κ1) is 25.1. The number of ether oxygens (including phenoxy) is 2. The summed E-state index contributed by atoms with van der Waals surface area (Å²) in [5, 5.41) is 15.8. The predicted molar refractivity (Wildman–Crippen MR) is 127 cm³/mol. The molecule has 0 unspecified atom stereocenters. The average molecular weight is 467 g/mol. The monoisotopic (exact) mass is 466 g/mol. The van der Waals surface area contributed by atoms with Gasteiger partial charge in [0.1, 0.15) is 18.2 Å². The van der Waals surface area contributed by atoms with E-state index in [1.54, 1.807) is 20.8 Å². The SMILES string of the molecule is CC(C)(C)OC(=O)[C@H](CC[C@@H](O)CN=[N+]=[N-])NC(=O)OCC1c2ccccc2-c2ccccc21. The number of aliphatic hydroxyl groups is 1. The number of carbonyl (C=O) groups excluding carboxylic acids is 2. The van der Waals surface area contributed by atoms with Crippen LogP contribution in [0.5, 0.6) is 0 Å². The van der Waals surface area contributed by atoms with E-state index in [0.717, 1.165) is 22.3 Å². The van der Waals surface area contributed by atoms with E-state index in [-0.39, 0.29) is 31.9 Å². The van der Waals surface area contributed by atoms with Crippen LogP contribution >= 0.6 is 0 Å². The van der Waals surface area contributed by atoms with Crippen LogP contribution in [0, 0.1) is 0 Å². The minimum Gasteiger partial charge on any atom is -0.458 e. The summed E-state index contributed by atoms with van der Waals surface area (Å²) in [6.07, 6.45) is -1.46. The van der Waals surface area contributed by atoms with Gasteiger partial charge in [-0.15, -0.1) is 0 Å². The average Bonchev–Trinajstić information content (AvgIpc) is 3.11. The molecule has 2 atom stereocenters. The van der Waals surface area contributed by atoms with E-state index < -0.39 is 29.8 Å². The van der Waals surface area contributed by atoms with Crippen LogP contribution in [-0.2, 0) is 14.3 Å². The largest absolute Gasteiger partial charge is 0.458 e. The van der Waals surface area contributed by atoms with E-state index in [1.165, 1.54) is 0 Å². The highest BCUT2D eigenvalue weighted by molar-refractivity contribution is 5.82. The number of hydrogen-bond acceptors (Lipinski definition) is 6. The lowest BCUT2D eigenvalue weighted by atomic mass is 9.98. The van der Waals surface area contributed by atoms with E-state index in [4.69, 9.17) is 15.0 Å². The molecule has 9 nitrogen and oxygen atoms in total.